The van der Waals surface area contributed by atoms with Gasteiger partial charge < -0.3 is 4.89 Å². The first-order chi connectivity index (χ1) is 6.99. The Labute approximate surface area is 91.1 Å². The number of rotatable bonds is 4. The van der Waals surface area contributed by atoms with E-state index in [4.69, 9.17) is 0 Å². The molecule has 1 unspecified atom stereocenters. The van der Waals surface area contributed by atoms with Crippen molar-refractivity contribution in [2.24, 2.45) is 5.92 Å². The average Bonchev–Trinajstić information content (AvgIpc) is 2.15. The SMILES string of the molecule is CC(C)CP(=O)(O)C=Cc1ccccc1. The van der Waals surface area contributed by atoms with E-state index in [2.05, 4.69) is 0 Å². The van der Waals surface area contributed by atoms with Crippen molar-refractivity contribution in [2.45, 2.75) is 13.8 Å². The summed E-state index contributed by atoms with van der Waals surface area (Å²) >= 11 is 0. The van der Waals surface area contributed by atoms with Gasteiger partial charge >= 0.3 is 0 Å². The van der Waals surface area contributed by atoms with Gasteiger partial charge in [0, 0.05) is 12.0 Å². The fourth-order valence-corrected chi connectivity index (χ4v) is 2.92. The first-order valence-electron chi connectivity index (χ1n) is 5.05. The van der Waals surface area contributed by atoms with Crippen molar-refractivity contribution in [3.63, 3.8) is 0 Å². The Morgan fingerprint density at radius 3 is 2.47 bits per heavy atom. The molecule has 0 radical (unpaired) electrons. The van der Waals surface area contributed by atoms with Gasteiger partial charge in [0.1, 0.15) is 0 Å². The van der Waals surface area contributed by atoms with Gasteiger partial charge in [0.25, 0.3) is 0 Å². The molecular weight excluding hydrogens is 207 g/mol. The van der Waals surface area contributed by atoms with Gasteiger partial charge in [-0.3, -0.25) is 4.57 Å². The number of hydrogen-bond donors (Lipinski definition) is 1. The second-order valence-electron chi connectivity index (χ2n) is 4.06. The van der Waals surface area contributed by atoms with Crippen LogP contribution in [0.1, 0.15) is 19.4 Å². The lowest BCUT2D eigenvalue weighted by atomic mass is 10.2. The lowest BCUT2D eigenvalue weighted by Gasteiger charge is -2.08. The van der Waals surface area contributed by atoms with E-state index in [1.807, 2.05) is 44.2 Å². The minimum Gasteiger partial charge on any atom is -0.341 e. The third-order valence-corrected chi connectivity index (χ3v) is 3.79. The van der Waals surface area contributed by atoms with Crippen LogP contribution in [-0.4, -0.2) is 11.1 Å². The second kappa shape index (κ2) is 5.29. The van der Waals surface area contributed by atoms with Gasteiger partial charge in [-0.15, -0.1) is 0 Å². The summed E-state index contributed by atoms with van der Waals surface area (Å²) in [5.74, 6) is 1.67. The van der Waals surface area contributed by atoms with Crippen molar-refractivity contribution in [1.82, 2.24) is 0 Å². The van der Waals surface area contributed by atoms with E-state index in [0.717, 1.165) is 5.56 Å². The van der Waals surface area contributed by atoms with Gasteiger partial charge in [-0.05, 0) is 17.6 Å². The summed E-state index contributed by atoms with van der Waals surface area (Å²) in [5.41, 5.74) is 0.954. The summed E-state index contributed by atoms with van der Waals surface area (Å²) in [6.07, 6.45) is 2.06. The predicted octanol–water partition coefficient (Wildman–Crippen LogP) is 3.58. The first-order valence-corrected chi connectivity index (χ1v) is 6.97. The molecule has 0 aliphatic heterocycles. The summed E-state index contributed by atoms with van der Waals surface area (Å²) in [7, 11) is -3.09. The fraction of sp³-hybridized carbons (Fsp3) is 0.333. The average molecular weight is 224 g/mol. The molecule has 0 bridgehead atoms. The molecule has 0 aromatic heterocycles. The minimum atomic E-state index is -3.09. The van der Waals surface area contributed by atoms with Crippen molar-refractivity contribution in [2.75, 3.05) is 6.16 Å². The fourth-order valence-electron chi connectivity index (χ4n) is 1.35. The maximum absolute atomic E-state index is 11.7. The van der Waals surface area contributed by atoms with Crippen molar-refractivity contribution < 1.29 is 9.46 Å². The maximum atomic E-state index is 11.7. The molecule has 1 aromatic carbocycles. The Balaban J connectivity index is 2.69. The third kappa shape index (κ3) is 4.96. The summed E-state index contributed by atoms with van der Waals surface area (Å²) in [6, 6.07) is 9.55. The smallest absolute Gasteiger partial charge is 0.222 e. The highest BCUT2D eigenvalue weighted by molar-refractivity contribution is 7.61. The van der Waals surface area contributed by atoms with Crippen LogP contribution >= 0.6 is 7.37 Å². The van der Waals surface area contributed by atoms with Crippen LogP contribution in [0.3, 0.4) is 0 Å². The summed E-state index contributed by atoms with van der Waals surface area (Å²) in [6.45, 7) is 3.89. The van der Waals surface area contributed by atoms with E-state index < -0.39 is 7.37 Å². The molecule has 0 spiro atoms. The molecule has 3 heteroatoms. The molecule has 0 saturated carbocycles. The normalized spacial score (nSPS) is 15.7. The highest BCUT2D eigenvalue weighted by Gasteiger charge is 2.15. The Morgan fingerprint density at radius 1 is 1.33 bits per heavy atom. The van der Waals surface area contributed by atoms with Crippen LogP contribution in [0, 0.1) is 5.92 Å². The van der Waals surface area contributed by atoms with E-state index in [-0.39, 0.29) is 5.92 Å². The zero-order chi connectivity index (χ0) is 11.3. The number of benzene rings is 1. The first kappa shape index (κ1) is 12.2. The Morgan fingerprint density at radius 2 is 1.93 bits per heavy atom. The van der Waals surface area contributed by atoms with Crippen LogP contribution in [0.5, 0.6) is 0 Å². The monoisotopic (exact) mass is 224 g/mol. The molecular formula is C12H17O2P. The highest BCUT2D eigenvalue weighted by Crippen LogP contribution is 2.44. The van der Waals surface area contributed by atoms with E-state index in [1.165, 1.54) is 5.82 Å². The predicted molar refractivity (Wildman–Crippen MR) is 65.0 cm³/mol. The quantitative estimate of drug-likeness (QED) is 0.793. The Kier molecular flexibility index (Phi) is 4.31. The summed E-state index contributed by atoms with van der Waals surface area (Å²) in [4.78, 5) is 9.61. The van der Waals surface area contributed by atoms with Gasteiger partial charge in [-0.1, -0.05) is 44.2 Å². The molecule has 0 aliphatic rings. The third-order valence-electron chi connectivity index (χ3n) is 1.93. The molecule has 2 nitrogen and oxygen atoms in total. The van der Waals surface area contributed by atoms with Crippen molar-refractivity contribution >= 4 is 13.4 Å². The Bertz CT molecular complexity index is 368. The zero-order valence-corrected chi connectivity index (χ0v) is 10.0. The van der Waals surface area contributed by atoms with E-state index in [9.17, 15) is 9.46 Å². The second-order valence-corrected chi connectivity index (χ2v) is 6.23. The standard InChI is InChI=1S/C12H17O2P/c1-11(2)10-15(13,14)9-8-12-6-4-3-5-7-12/h3-9,11H,10H2,1-2H3,(H,13,14). The molecule has 0 saturated heterocycles. The minimum absolute atomic E-state index is 0.237. The van der Waals surface area contributed by atoms with Gasteiger partial charge in [-0.2, -0.15) is 0 Å². The summed E-state index contributed by atoms with van der Waals surface area (Å²) in [5, 5.41) is 0. The van der Waals surface area contributed by atoms with E-state index >= 15 is 0 Å². The van der Waals surface area contributed by atoms with Crippen molar-refractivity contribution in [1.29, 1.82) is 0 Å². The zero-order valence-electron chi connectivity index (χ0n) is 9.13. The largest absolute Gasteiger partial charge is 0.341 e. The van der Waals surface area contributed by atoms with Gasteiger partial charge in [0.15, 0.2) is 0 Å². The Hall–Kier alpha value is -0.850. The van der Waals surface area contributed by atoms with Crippen LogP contribution in [0.2, 0.25) is 0 Å². The molecule has 0 fully saturated rings. The molecule has 15 heavy (non-hydrogen) atoms. The highest BCUT2D eigenvalue weighted by atomic mass is 31.2. The lowest BCUT2D eigenvalue weighted by Crippen LogP contribution is -1.95. The molecule has 0 heterocycles. The van der Waals surface area contributed by atoms with Crippen LogP contribution < -0.4 is 0 Å². The topological polar surface area (TPSA) is 37.3 Å². The van der Waals surface area contributed by atoms with Crippen LogP contribution in [-0.2, 0) is 4.57 Å². The molecule has 0 amide bonds. The van der Waals surface area contributed by atoms with Crippen LogP contribution in [0.4, 0.5) is 0 Å². The van der Waals surface area contributed by atoms with Gasteiger partial charge in [0.2, 0.25) is 7.37 Å². The molecule has 1 aromatic rings. The molecule has 82 valence electrons. The molecule has 1 rings (SSSR count). The van der Waals surface area contributed by atoms with Gasteiger partial charge in [-0.25, -0.2) is 0 Å². The van der Waals surface area contributed by atoms with E-state index in [0.29, 0.717) is 6.16 Å². The number of hydrogen-bond acceptors (Lipinski definition) is 1. The molecule has 0 aliphatic carbocycles. The van der Waals surface area contributed by atoms with Crippen molar-refractivity contribution in [3.05, 3.63) is 41.7 Å². The molecule has 1 atom stereocenters. The maximum Gasteiger partial charge on any atom is 0.222 e. The lowest BCUT2D eigenvalue weighted by molar-refractivity contribution is 0.480. The van der Waals surface area contributed by atoms with Crippen molar-refractivity contribution in [3.8, 4) is 0 Å². The summed E-state index contributed by atoms with van der Waals surface area (Å²) < 4.78 is 11.7. The van der Waals surface area contributed by atoms with Crippen LogP contribution in [0.25, 0.3) is 6.08 Å². The van der Waals surface area contributed by atoms with Crippen LogP contribution in [0.15, 0.2) is 36.1 Å². The van der Waals surface area contributed by atoms with E-state index in [1.54, 1.807) is 6.08 Å². The molecule has 1 N–H and O–H groups in total. The van der Waals surface area contributed by atoms with Gasteiger partial charge in [0.05, 0.1) is 0 Å².